The molecule has 0 aromatic rings. The molecule has 0 rings (SSSR count). The van der Waals surface area contributed by atoms with E-state index in [1.54, 1.807) is 0 Å². The number of carbonyl (C=O) groups is 1. The molecule has 0 aliphatic carbocycles. The van der Waals surface area contributed by atoms with E-state index in [9.17, 15) is 9.59 Å². The molecule has 0 spiro atoms. The average molecular weight is 466 g/mol. The topological polar surface area (TPSA) is 43.4 Å². The van der Waals surface area contributed by atoms with Crippen LogP contribution in [0.2, 0.25) is 0 Å². The first-order chi connectivity index (χ1) is 16.2. The van der Waals surface area contributed by atoms with Gasteiger partial charge >= 0.3 is 5.97 Å². The number of unbranched alkanes of at least 4 members (excludes halogenated alkanes) is 20. The van der Waals surface area contributed by atoms with E-state index in [1.165, 1.54) is 122 Å². The van der Waals surface area contributed by atoms with Crippen molar-refractivity contribution in [2.45, 2.75) is 180 Å². The maximum Gasteiger partial charge on any atom is 0.306 e. The van der Waals surface area contributed by atoms with Gasteiger partial charge in [0.1, 0.15) is 6.10 Å². The second-order valence-electron chi connectivity index (χ2n) is 10.1. The van der Waals surface area contributed by atoms with Crippen LogP contribution in [0.25, 0.3) is 0 Å². The lowest BCUT2D eigenvalue weighted by atomic mass is 10.0. The molecule has 0 aromatic heterocycles. The maximum absolute atomic E-state index is 12.1. The van der Waals surface area contributed by atoms with Crippen molar-refractivity contribution in [1.82, 2.24) is 0 Å². The molecule has 0 aliphatic rings. The molecule has 0 saturated heterocycles. The van der Waals surface area contributed by atoms with Crippen LogP contribution in [0.1, 0.15) is 174 Å². The third-order valence-electron chi connectivity index (χ3n) is 6.72. The number of esters is 1. The fourth-order valence-electron chi connectivity index (χ4n) is 4.51. The summed E-state index contributed by atoms with van der Waals surface area (Å²) in [6, 6.07) is 0. The third-order valence-corrected chi connectivity index (χ3v) is 6.72. The summed E-state index contributed by atoms with van der Waals surface area (Å²) in [5, 5.41) is 0. The van der Waals surface area contributed by atoms with Crippen LogP contribution in [0.3, 0.4) is 0 Å². The van der Waals surface area contributed by atoms with Crippen LogP contribution < -0.4 is 0 Å². The molecule has 3 nitrogen and oxygen atoms in total. The van der Waals surface area contributed by atoms with E-state index in [0.29, 0.717) is 6.42 Å². The van der Waals surface area contributed by atoms with Gasteiger partial charge in [0, 0.05) is 6.42 Å². The van der Waals surface area contributed by atoms with Crippen molar-refractivity contribution in [3.63, 3.8) is 0 Å². The minimum absolute atomic E-state index is 0.130. The number of hydrogen-bond acceptors (Lipinski definition) is 3. The largest absolute Gasteiger partial charge is 0.462 e. The van der Waals surface area contributed by atoms with Crippen molar-refractivity contribution in [3.8, 4) is 0 Å². The highest BCUT2D eigenvalue weighted by atomic mass is 16.5. The maximum atomic E-state index is 12.1. The van der Waals surface area contributed by atoms with Gasteiger partial charge in [-0.25, -0.2) is 0 Å². The highest BCUT2D eigenvalue weighted by Crippen LogP contribution is 2.16. The lowest BCUT2D eigenvalue weighted by Gasteiger charge is -2.15. The molecule has 0 aromatic carbocycles. The van der Waals surface area contributed by atoms with Gasteiger partial charge in [-0.1, -0.05) is 142 Å². The van der Waals surface area contributed by atoms with Crippen LogP contribution in [-0.2, 0) is 14.3 Å². The zero-order chi connectivity index (χ0) is 24.2. The van der Waals surface area contributed by atoms with Crippen molar-refractivity contribution in [2.75, 3.05) is 0 Å². The Labute approximate surface area is 207 Å². The summed E-state index contributed by atoms with van der Waals surface area (Å²) in [6.07, 6.45) is 31.6. The monoisotopic (exact) mass is 465 g/mol. The number of rotatable bonds is 27. The van der Waals surface area contributed by atoms with E-state index in [0.717, 1.165) is 25.7 Å². The van der Waals surface area contributed by atoms with Crippen LogP contribution in [0, 0.1) is 0 Å². The number of carbonyl (C=O) groups excluding carboxylic acids is 2. The SMILES string of the molecule is CCCCCCCCCCCCCCC(=O)OC(C[C]=O)CCCCCCCCCCCC. The summed E-state index contributed by atoms with van der Waals surface area (Å²) < 4.78 is 5.57. The second-order valence-corrected chi connectivity index (χ2v) is 10.1. The highest BCUT2D eigenvalue weighted by Gasteiger charge is 2.14. The van der Waals surface area contributed by atoms with Crippen molar-refractivity contribution in [3.05, 3.63) is 0 Å². The van der Waals surface area contributed by atoms with Gasteiger partial charge in [0.2, 0.25) is 6.29 Å². The van der Waals surface area contributed by atoms with Crippen molar-refractivity contribution in [2.24, 2.45) is 0 Å². The van der Waals surface area contributed by atoms with Gasteiger partial charge in [0.15, 0.2) is 0 Å². The molecule has 195 valence electrons. The predicted octanol–water partition coefficient (Wildman–Crippen LogP) is 9.80. The van der Waals surface area contributed by atoms with Crippen LogP contribution in [0.5, 0.6) is 0 Å². The first kappa shape index (κ1) is 32.1. The highest BCUT2D eigenvalue weighted by molar-refractivity contribution is 5.69. The van der Waals surface area contributed by atoms with Crippen LogP contribution in [0.4, 0.5) is 0 Å². The van der Waals surface area contributed by atoms with E-state index < -0.39 is 0 Å². The van der Waals surface area contributed by atoms with E-state index in [2.05, 4.69) is 13.8 Å². The summed E-state index contributed by atoms with van der Waals surface area (Å²) in [7, 11) is 0. The summed E-state index contributed by atoms with van der Waals surface area (Å²) in [5.41, 5.74) is 0. The number of hydrogen-bond donors (Lipinski definition) is 0. The van der Waals surface area contributed by atoms with Crippen LogP contribution in [-0.4, -0.2) is 18.4 Å². The van der Waals surface area contributed by atoms with Gasteiger partial charge in [-0.15, -0.1) is 0 Å². The van der Waals surface area contributed by atoms with E-state index in [4.69, 9.17) is 4.74 Å². The summed E-state index contributed by atoms with van der Waals surface area (Å²) in [4.78, 5) is 23.0. The standard InChI is InChI=1S/C30H57O3/c1-3-5-7-9-11-13-15-16-18-20-22-24-26-30(32)33-29(27-28-31)25-23-21-19-17-14-12-10-8-6-4-2/h29H,3-27H2,1-2H3. The Morgan fingerprint density at radius 2 is 0.939 bits per heavy atom. The van der Waals surface area contributed by atoms with E-state index >= 15 is 0 Å². The molecule has 0 bridgehead atoms. The molecule has 0 fully saturated rings. The van der Waals surface area contributed by atoms with Crippen LogP contribution in [0.15, 0.2) is 0 Å². The Balaban J connectivity index is 3.56. The molecule has 0 aliphatic heterocycles. The Kier molecular flexibility index (Phi) is 26.7. The molecular formula is C30H57O3. The summed E-state index contributed by atoms with van der Waals surface area (Å²) >= 11 is 0. The zero-order valence-corrected chi connectivity index (χ0v) is 22.5. The van der Waals surface area contributed by atoms with E-state index in [1.807, 2.05) is 6.29 Å². The van der Waals surface area contributed by atoms with Gasteiger partial charge in [0.25, 0.3) is 0 Å². The van der Waals surface area contributed by atoms with Crippen molar-refractivity contribution in [1.29, 1.82) is 0 Å². The minimum atomic E-state index is -0.263. The first-order valence-electron chi connectivity index (χ1n) is 14.8. The van der Waals surface area contributed by atoms with Gasteiger partial charge < -0.3 is 4.74 Å². The molecule has 0 heterocycles. The molecular weight excluding hydrogens is 408 g/mol. The Morgan fingerprint density at radius 1 is 0.576 bits per heavy atom. The van der Waals surface area contributed by atoms with Crippen molar-refractivity contribution >= 4 is 12.3 Å². The molecule has 0 N–H and O–H groups in total. The molecule has 33 heavy (non-hydrogen) atoms. The quantitative estimate of drug-likeness (QED) is 0.0895. The lowest BCUT2D eigenvalue weighted by Crippen LogP contribution is -2.18. The third kappa shape index (κ3) is 25.6. The van der Waals surface area contributed by atoms with Gasteiger partial charge in [-0.3, -0.25) is 9.59 Å². The summed E-state index contributed by atoms with van der Waals surface area (Å²) in [5.74, 6) is -0.130. The fraction of sp³-hybridized carbons (Fsp3) is 0.933. The lowest BCUT2D eigenvalue weighted by molar-refractivity contribution is -0.149. The van der Waals surface area contributed by atoms with Gasteiger partial charge in [-0.05, 0) is 19.3 Å². The Hall–Kier alpha value is -0.860. The second kappa shape index (κ2) is 27.4. The molecule has 0 saturated carbocycles. The minimum Gasteiger partial charge on any atom is -0.462 e. The zero-order valence-electron chi connectivity index (χ0n) is 22.5. The van der Waals surface area contributed by atoms with Crippen molar-refractivity contribution < 1.29 is 14.3 Å². The molecule has 3 heteroatoms. The first-order valence-corrected chi connectivity index (χ1v) is 14.8. The van der Waals surface area contributed by atoms with Crippen LogP contribution >= 0.6 is 0 Å². The average Bonchev–Trinajstić information content (AvgIpc) is 2.81. The Bertz CT molecular complexity index is 407. The molecule has 1 atom stereocenters. The Morgan fingerprint density at radius 3 is 1.33 bits per heavy atom. The predicted molar refractivity (Wildman–Crippen MR) is 142 cm³/mol. The van der Waals surface area contributed by atoms with Gasteiger partial charge in [-0.2, -0.15) is 0 Å². The molecule has 1 unspecified atom stereocenters. The van der Waals surface area contributed by atoms with Gasteiger partial charge in [0.05, 0.1) is 6.42 Å². The molecule has 0 amide bonds. The molecule has 1 radical (unpaired) electrons. The fourth-order valence-corrected chi connectivity index (χ4v) is 4.51. The van der Waals surface area contributed by atoms with E-state index in [-0.39, 0.29) is 18.5 Å². The number of ether oxygens (including phenoxy) is 1. The normalized spacial score (nSPS) is 12.1. The summed E-state index contributed by atoms with van der Waals surface area (Å²) in [6.45, 7) is 4.52. The smallest absolute Gasteiger partial charge is 0.306 e.